The highest BCUT2D eigenvalue weighted by Crippen LogP contribution is 2.28. The second kappa shape index (κ2) is 2.91. The highest BCUT2D eigenvalue weighted by molar-refractivity contribution is 5.67. The van der Waals surface area contributed by atoms with E-state index in [0.29, 0.717) is 17.1 Å². The molecule has 14 heavy (non-hydrogen) atoms. The van der Waals surface area contributed by atoms with Gasteiger partial charge in [-0.1, -0.05) is 0 Å². The third kappa shape index (κ3) is 1.33. The van der Waals surface area contributed by atoms with E-state index in [4.69, 9.17) is 11.5 Å². The SMILES string of the molecule is Nc1ccc(-c2nc(N)n[nH]2)c(O)c1. The van der Waals surface area contributed by atoms with Gasteiger partial charge in [-0.05, 0) is 12.1 Å². The lowest BCUT2D eigenvalue weighted by Gasteiger charge is -2.00. The molecule has 2 rings (SSSR count). The number of nitrogens with zero attached hydrogens (tertiary/aromatic N) is 2. The highest BCUT2D eigenvalue weighted by atomic mass is 16.3. The van der Waals surface area contributed by atoms with E-state index in [1.165, 1.54) is 6.07 Å². The molecule has 0 amide bonds. The average Bonchev–Trinajstić information content (AvgIpc) is 2.51. The first-order valence-corrected chi connectivity index (χ1v) is 3.93. The number of hydrogen-bond donors (Lipinski definition) is 4. The van der Waals surface area contributed by atoms with Crippen LogP contribution in [0.2, 0.25) is 0 Å². The fourth-order valence-electron chi connectivity index (χ4n) is 1.14. The number of anilines is 2. The number of aromatic nitrogens is 3. The van der Waals surface area contributed by atoms with Crippen LogP contribution < -0.4 is 11.5 Å². The van der Waals surface area contributed by atoms with Gasteiger partial charge in [0, 0.05) is 11.8 Å². The standard InChI is InChI=1S/C8H9N5O/c9-4-1-2-5(6(14)3-4)7-11-8(10)13-12-7/h1-3,14H,9H2,(H3,10,11,12,13). The van der Waals surface area contributed by atoms with Gasteiger partial charge in [-0.3, -0.25) is 5.10 Å². The summed E-state index contributed by atoms with van der Waals surface area (Å²) >= 11 is 0. The molecule has 0 atom stereocenters. The smallest absolute Gasteiger partial charge is 0.239 e. The molecule has 1 heterocycles. The Balaban J connectivity index is 2.52. The van der Waals surface area contributed by atoms with Crippen LogP contribution in [0.1, 0.15) is 0 Å². The predicted molar refractivity (Wildman–Crippen MR) is 52.3 cm³/mol. The van der Waals surface area contributed by atoms with Gasteiger partial charge in [0.15, 0.2) is 5.82 Å². The van der Waals surface area contributed by atoms with Gasteiger partial charge in [-0.25, -0.2) is 0 Å². The summed E-state index contributed by atoms with van der Waals surface area (Å²) in [6.45, 7) is 0. The Hall–Kier alpha value is -2.24. The Morgan fingerprint density at radius 1 is 1.29 bits per heavy atom. The van der Waals surface area contributed by atoms with E-state index >= 15 is 0 Å². The van der Waals surface area contributed by atoms with Crippen molar-refractivity contribution in [2.45, 2.75) is 0 Å². The number of benzene rings is 1. The Kier molecular flexibility index (Phi) is 1.74. The van der Waals surface area contributed by atoms with Crippen molar-refractivity contribution < 1.29 is 5.11 Å². The number of rotatable bonds is 1. The van der Waals surface area contributed by atoms with Gasteiger partial charge in [0.1, 0.15) is 5.75 Å². The first-order chi connectivity index (χ1) is 6.66. The van der Waals surface area contributed by atoms with Crippen molar-refractivity contribution in [2.75, 3.05) is 11.5 Å². The number of aromatic amines is 1. The van der Waals surface area contributed by atoms with E-state index in [-0.39, 0.29) is 11.7 Å². The molecule has 6 N–H and O–H groups in total. The van der Waals surface area contributed by atoms with Crippen LogP contribution in [0.25, 0.3) is 11.4 Å². The van der Waals surface area contributed by atoms with Crippen molar-refractivity contribution >= 4 is 11.6 Å². The Bertz CT molecular complexity index is 465. The van der Waals surface area contributed by atoms with E-state index in [2.05, 4.69) is 15.2 Å². The van der Waals surface area contributed by atoms with E-state index in [0.717, 1.165) is 0 Å². The van der Waals surface area contributed by atoms with Crippen molar-refractivity contribution in [3.05, 3.63) is 18.2 Å². The zero-order valence-corrected chi connectivity index (χ0v) is 7.23. The quantitative estimate of drug-likeness (QED) is 0.485. The molecule has 0 saturated heterocycles. The minimum Gasteiger partial charge on any atom is -0.507 e. The first-order valence-electron chi connectivity index (χ1n) is 3.93. The van der Waals surface area contributed by atoms with Gasteiger partial charge < -0.3 is 16.6 Å². The fraction of sp³-hybridized carbons (Fsp3) is 0. The van der Waals surface area contributed by atoms with Gasteiger partial charge in [0.2, 0.25) is 5.95 Å². The summed E-state index contributed by atoms with van der Waals surface area (Å²) in [5, 5.41) is 15.8. The molecule has 0 bridgehead atoms. The summed E-state index contributed by atoms with van der Waals surface area (Å²) in [7, 11) is 0. The molecular formula is C8H9N5O. The van der Waals surface area contributed by atoms with Gasteiger partial charge in [0.05, 0.1) is 5.56 Å². The number of nitrogens with one attached hydrogen (secondary N) is 1. The average molecular weight is 191 g/mol. The number of phenols is 1. The summed E-state index contributed by atoms with van der Waals surface area (Å²) in [5.41, 5.74) is 11.8. The molecular weight excluding hydrogens is 182 g/mol. The van der Waals surface area contributed by atoms with Gasteiger partial charge in [-0.15, -0.1) is 5.10 Å². The minimum atomic E-state index is 0.0427. The lowest BCUT2D eigenvalue weighted by Crippen LogP contribution is -1.87. The summed E-state index contributed by atoms with van der Waals surface area (Å²) in [5.74, 6) is 0.595. The fourth-order valence-corrected chi connectivity index (χ4v) is 1.14. The van der Waals surface area contributed by atoms with Crippen molar-refractivity contribution in [3.8, 4) is 17.1 Å². The number of nitrogen functional groups attached to an aromatic ring is 2. The van der Waals surface area contributed by atoms with E-state index in [1.54, 1.807) is 12.1 Å². The van der Waals surface area contributed by atoms with Gasteiger partial charge in [-0.2, -0.15) is 4.98 Å². The predicted octanol–water partition coefficient (Wildman–Crippen LogP) is 0.342. The number of H-pyrrole nitrogens is 1. The Morgan fingerprint density at radius 3 is 2.64 bits per heavy atom. The van der Waals surface area contributed by atoms with Crippen LogP contribution >= 0.6 is 0 Å². The minimum absolute atomic E-state index is 0.0427. The van der Waals surface area contributed by atoms with Crippen molar-refractivity contribution in [3.63, 3.8) is 0 Å². The lowest BCUT2D eigenvalue weighted by atomic mass is 10.2. The van der Waals surface area contributed by atoms with Crippen LogP contribution in [-0.2, 0) is 0 Å². The van der Waals surface area contributed by atoms with E-state index in [9.17, 15) is 5.11 Å². The third-order valence-corrected chi connectivity index (χ3v) is 1.78. The second-order valence-electron chi connectivity index (χ2n) is 2.82. The van der Waals surface area contributed by atoms with Crippen molar-refractivity contribution in [2.24, 2.45) is 0 Å². The summed E-state index contributed by atoms with van der Waals surface area (Å²) in [6.07, 6.45) is 0. The molecule has 0 aliphatic rings. The van der Waals surface area contributed by atoms with Crippen molar-refractivity contribution in [1.82, 2.24) is 15.2 Å². The molecule has 1 aromatic heterocycles. The molecule has 0 saturated carbocycles. The zero-order chi connectivity index (χ0) is 10.1. The molecule has 0 aliphatic heterocycles. The van der Waals surface area contributed by atoms with Crippen molar-refractivity contribution in [1.29, 1.82) is 0 Å². The molecule has 2 aromatic rings. The first kappa shape index (κ1) is 8.36. The highest BCUT2D eigenvalue weighted by Gasteiger charge is 2.08. The van der Waals surface area contributed by atoms with Crippen LogP contribution in [0.4, 0.5) is 11.6 Å². The molecule has 0 spiro atoms. The summed E-state index contributed by atoms with van der Waals surface area (Å²) in [4.78, 5) is 3.88. The van der Waals surface area contributed by atoms with Crippen LogP contribution in [-0.4, -0.2) is 20.3 Å². The van der Waals surface area contributed by atoms with Crippen LogP contribution in [0.15, 0.2) is 18.2 Å². The van der Waals surface area contributed by atoms with Crippen LogP contribution in [0, 0.1) is 0 Å². The lowest BCUT2D eigenvalue weighted by molar-refractivity contribution is 0.477. The second-order valence-corrected chi connectivity index (χ2v) is 2.82. The molecule has 0 radical (unpaired) electrons. The molecule has 0 fully saturated rings. The topological polar surface area (TPSA) is 114 Å². The maximum atomic E-state index is 9.55. The Labute approximate surface area is 79.6 Å². The Morgan fingerprint density at radius 2 is 2.07 bits per heavy atom. The van der Waals surface area contributed by atoms with Gasteiger partial charge >= 0.3 is 0 Å². The van der Waals surface area contributed by atoms with E-state index < -0.39 is 0 Å². The van der Waals surface area contributed by atoms with Crippen LogP contribution in [0.5, 0.6) is 5.75 Å². The monoisotopic (exact) mass is 191 g/mol. The van der Waals surface area contributed by atoms with Gasteiger partial charge in [0.25, 0.3) is 0 Å². The summed E-state index contributed by atoms with van der Waals surface area (Å²) in [6, 6.07) is 4.74. The molecule has 72 valence electrons. The molecule has 0 aliphatic carbocycles. The number of hydrogen-bond acceptors (Lipinski definition) is 5. The number of phenolic OH excluding ortho intramolecular Hbond substituents is 1. The van der Waals surface area contributed by atoms with Crippen LogP contribution in [0.3, 0.4) is 0 Å². The van der Waals surface area contributed by atoms with E-state index in [1.807, 2.05) is 0 Å². The normalized spacial score (nSPS) is 10.3. The number of aromatic hydroxyl groups is 1. The summed E-state index contributed by atoms with van der Waals surface area (Å²) < 4.78 is 0. The zero-order valence-electron chi connectivity index (χ0n) is 7.23. The molecule has 0 unspecified atom stereocenters. The molecule has 6 heteroatoms. The maximum absolute atomic E-state index is 9.55. The third-order valence-electron chi connectivity index (χ3n) is 1.78. The number of nitrogens with two attached hydrogens (primary N) is 2. The maximum Gasteiger partial charge on any atom is 0.239 e. The molecule has 6 nitrogen and oxygen atoms in total. The largest absolute Gasteiger partial charge is 0.507 e. The molecule has 1 aromatic carbocycles.